The molecule has 0 radical (unpaired) electrons. The van der Waals surface area contributed by atoms with E-state index in [1.165, 1.54) is 16.7 Å². The molecule has 19 heavy (non-hydrogen) atoms. The predicted molar refractivity (Wildman–Crippen MR) is 77.5 cm³/mol. The van der Waals surface area contributed by atoms with Crippen LogP contribution in [-0.4, -0.2) is 12.7 Å². The molecule has 1 aromatic carbocycles. The van der Waals surface area contributed by atoms with Crippen molar-refractivity contribution in [2.75, 3.05) is 7.11 Å². The van der Waals surface area contributed by atoms with Gasteiger partial charge in [0.1, 0.15) is 11.4 Å². The maximum Gasteiger partial charge on any atom is 0.125 e. The summed E-state index contributed by atoms with van der Waals surface area (Å²) in [7, 11) is 1.67. The minimum absolute atomic E-state index is 0.175. The molecule has 1 heterocycles. The zero-order valence-corrected chi connectivity index (χ0v) is 12.8. The molecule has 0 bridgehead atoms. The molecule has 0 amide bonds. The van der Waals surface area contributed by atoms with E-state index in [0.717, 1.165) is 12.2 Å². The average molecular weight is 263 g/mol. The molecule has 0 saturated carbocycles. The van der Waals surface area contributed by atoms with Gasteiger partial charge in [-0.25, -0.2) is 0 Å². The lowest BCUT2D eigenvalue weighted by atomic mass is 9.86. The van der Waals surface area contributed by atoms with Gasteiger partial charge in [0.25, 0.3) is 0 Å². The summed E-state index contributed by atoms with van der Waals surface area (Å²) in [4.78, 5) is 5.16. The molecule has 0 aromatic heterocycles. The van der Waals surface area contributed by atoms with Gasteiger partial charge < -0.3 is 9.57 Å². The fourth-order valence-corrected chi connectivity index (χ4v) is 2.83. The van der Waals surface area contributed by atoms with Crippen LogP contribution in [-0.2, 0) is 4.84 Å². The molecule has 1 N–H and O–H groups in total. The Balaban J connectivity index is 2.50. The first-order chi connectivity index (χ1) is 8.84. The van der Waals surface area contributed by atoms with Gasteiger partial charge in [0.15, 0.2) is 0 Å². The maximum atomic E-state index is 6.17. The van der Waals surface area contributed by atoms with Crippen LogP contribution in [0.4, 0.5) is 0 Å². The molecule has 1 aliphatic heterocycles. The molecule has 0 fully saturated rings. The molecule has 1 aromatic rings. The van der Waals surface area contributed by atoms with Crippen LogP contribution >= 0.6 is 0 Å². The van der Waals surface area contributed by atoms with E-state index in [0.29, 0.717) is 5.92 Å². The van der Waals surface area contributed by atoms with Crippen LogP contribution < -0.4 is 10.2 Å². The Morgan fingerprint density at radius 3 is 2.63 bits per heavy atom. The van der Waals surface area contributed by atoms with Gasteiger partial charge in [0, 0.05) is 12.0 Å². The number of nitrogens with one attached hydrogen (secondary N) is 1. The third-order valence-corrected chi connectivity index (χ3v) is 3.73. The topological polar surface area (TPSA) is 30.5 Å². The third kappa shape index (κ3) is 2.93. The Kier molecular flexibility index (Phi) is 3.88. The van der Waals surface area contributed by atoms with Crippen molar-refractivity contribution in [1.29, 1.82) is 0 Å². The van der Waals surface area contributed by atoms with Gasteiger partial charge >= 0.3 is 0 Å². The summed E-state index contributed by atoms with van der Waals surface area (Å²) in [5.41, 5.74) is 6.75. The van der Waals surface area contributed by atoms with Crippen LogP contribution in [0, 0.1) is 6.92 Å². The Labute approximate surface area is 116 Å². The van der Waals surface area contributed by atoms with E-state index < -0.39 is 0 Å². The molecule has 0 saturated heterocycles. The van der Waals surface area contributed by atoms with E-state index >= 15 is 0 Å². The number of hydrogen-bond acceptors (Lipinski definition) is 3. The number of hydrogen-bond donors (Lipinski definition) is 1. The molecule has 1 unspecified atom stereocenters. The standard InChI is InChI=1S/C16H25NO2/c1-10(2)12-7-11(3)15-13(17-18-6)9-16(4,5)19-14(15)8-12/h7-8,10,13,17H,9H2,1-6H3. The molecule has 3 heteroatoms. The van der Waals surface area contributed by atoms with Crippen molar-refractivity contribution < 1.29 is 9.57 Å². The van der Waals surface area contributed by atoms with Crippen molar-refractivity contribution in [2.24, 2.45) is 0 Å². The van der Waals surface area contributed by atoms with Crippen molar-refractivity contribution in [3.8, 4) is 5.75 Å². The SMILES string of the molecule is CONC1CC(C)(C)Oc2cc(C(C)C)cc(C)c21. The molecular formula is C16H25NO2. The van der Waals surface area contributed by atoms with Crippen molar-refractivity contribution >= 4 is 0 Å². The van der Waals surface area contributed by atoms with Crippen LogP contribution in [0.25, 0.3) is 0 Å². The van der Waals surface area contributed by atoms with E-state index in [1.807, 2.05) is 0 Å². The number of ether oxygens (including phenoxy) is 1. The summed E-state index contributed by atoms with van der Waals surface area (Å²) in [6.07, 6.45) is 0.899. The maximum absolute atomic E-state index is 6.17. The van der Waals surface area contributed by atoms with Gasteiger partial charge in [0.2, 0.25) is 0 Å². The quantitative estimate of drug-likeness (QED) is 0.840. The number of rotatable bonds is 3. The number of fused-ring (bicyclic) bond motifs is 1. The average Bonchev–Trinajstić information content (AvgIpc) is 2.26. The van der Waals surface area contributed by atoms with Crippen molar-refractivity contribution in [2.45, 2.75) is 58.6 Å². The van der Waals surface area contributed by atoms with Gasteiger partial charge in [-0.3, -0.25) is 0 Å². The number of aryl methyl sites for hydroxylation is 1. The van der Waals surface area contributed by atoms with Gasteiger partial charge in [0.05, 0.1) is 13.2 Å². The Bertz CT molecular complexity index is 466. The van der Waals surface area contributed by atoms with E-state index in [2.05, 4.69) is 52.2 Å². The largest absolute Gasteiger partial charge is 0.487 e. The third-order valence-electron chi connectivity index (χ3n) is 3.73. The van der Waals surface area contributed by atoms with Crippen molar-refractivity contribution in [1.82, 2.24) is 5.48 Å². The van der Waals surface area contributed by atoms with Crippen molar-refractivity contribution in [3.63, 3.8) is 0 Å². The van der Waals surface area contributed by atoms with E-state index in [-0.39, 0.29) is 11.6 Å². The lowest BCUT2D eigenvalue weighted by Gasteiger charge is -2.38. The van der Waals surface area contributed by atoms with Crippen LogP contribution in [0.2, 0.25) is 0 Å². The van der Waals surface area contributed by atoms with E-state index in [9.17, 15) is 0 Å². The smallest absolute Gasteiger partial charge is 0.125 e. The van der Waals surface area contributed by atoms with Crippen molar-refractivity contribution in [3.05, 3.63) is 28.8 Å². The zero-order chi connectivity index (χ0) is 14.2. The van der Waals surface area contributed by atoms with Crippen LogP contribution in [0.5, 0.6) is 5.75 Å². The summed E-state index contributed by atoms with van der Waals surface area (Å²) in [5, 5.41) is 0. The Morgan fingerprint density at radius 1 is 1.37 bits per heavy atom. The highest BCUT2D eigenvalue weighted by Crippen LogP contribution is 2.42. The van der Waals surface area contributed by atoms with Crippen LogP contribution in [0.1, 0.15) is 62.8 Å². The summed E-state index contributed by atoms with van der Waals surface area (Å²) >= 11 is 0. The molecule has 106 valence electrons. The Hall–Kier alpha value is -1.06. The van der Waals surface area contributed by atoms with Gasteiger partial charge in [-0.05, 0) is 43.9 Å². The van der Waals surface area contributed by atoms with Crippen LogP contribution in [0.15, 0.2) is 12.1 Å². The highest BCUT2D eigenvalue weighted by molar-refractivity contribution is 5.47. The molecule has 3 nitrogen and oxygen atoms in total. The molecule has 0 aliphatic carbocycles. The summed E-state index contributed by atoms with van der Waals surface area (Å²) in [6, 6.07) is 4.62. The minimum atomic E-state index is -0.175. The monoisotopic (exact) mass is 263 g/mol. The van der Waals surface area contributed by atoms with Gasteiger partial charge in [-0.15, -0.1) is 0 Å². The predicted octanol–water partition coefficient (Wildman–Crippen LogP) is 3.87. The molecular weight excluding hydrogens is 238 g/mol. The second-order valence-corrected chi connectivity index (χ2v) is 6.34. The highest BCUT2D eigenvalue weighted by Gasteiger charge is 2.35. The first-order valence-electron chi connectivity index (χ1n) is 6.96. The normalized spacial score (nSPS) is 21.1. The second-order valence-electron chi connectivity index (χ2n) is 6.34. The zero-order valence-electron chi connectivity index (χ0n) is 12.8. The number of hydroxylamine groups is 1. The van der Waals surface area contributed by atoms with Gasteiger partial charge in [-0.1, -0.05) is 19.9 Å². The first kappa shape index (κ1) is 14.4. The first-order valence-corrected chi connectivity index (χ1v) is 6.96. The lowest BCUT2D eigenvalue weighted by Crippen LogP contribution is -2.39. The summed E-state index contributed by atoms with van der Waals surface area (Å²) in [6.45, 7) is 10.8. The van der Waals surface area contributed by atoms with E-state index in [1.54, 1.807) is 7.11 Å². The fraction of sp³-hybridized carbons (Fsp3) is 0.625. The molecule has 1 atom stereocenters. The van der Waals surface area contributed by atoms with Crippen LogP contribution in [0.3, 0.4) is 0 Å². The molecule has 1 aliphatic rings. The highest BCUT2D eigenvalue weighted by atomic mass is 16.6. The van der Waals surface area contributed by atoms with Gasteiger partial charge in [-0.2, -0.15) is 5.48 Å². The molecule has 0 spiro atoms. The lowest BCUT2D eigenvalue weighted by molar-refractivity contribution is 0.00263. The fourth-order valence-electron chi connectivity index (χ4n) is 2.83. The Morgan fingerprint density at radius 2 is 2.05 bits per heavy atom. The molecule has 2 rings (SSSR count). The second kappa shape index (κ2) is 5.14. The van der Waals surface area contributed by atoms with E-state index in [4.69, 9.17) is 9.57 Å². The minimum Gasteiger partial charge on any atom is -0.487 e. The number of benzene rings is 1. The summed E-state index contributed by atoms with van der Waals surface area (Å²) < 4.78 is 6.17. The summed E-state index contributed by atoms with van der Waals surface area (Å²) in [5.74, 6) is 1.50.